The summed E-state index contributed by atoms with van der Waals surface area (Å²) in [7, 11) is 0. The molecule has 0 saturated heterocycles. The molecule has 7 heteroatoms. The van der Waals surface area contributed by atoms with Gasteiger partial charge in [-0.3, -0.25) is 4.79 Å². The topological polar surface area (TPSA) is 77.2 Å². The summed E-state index contributed by atoms with van der Waals surface area (Å²) < 4.78 is 10.9. The Bertz CT molecular complexity index is 912. The molecule has 1 aromatic heterocycles. The largest absolute Gasteiger partial charge is 0.481 e. The highest BCUT2D eigenvalue weighted by Gasteiger charge is 2.15. The minimum Gasteiger partial charge on any atom is -0.481 e. The zero-order valence-corrected chi connectivity index (χ0v) is 15.9. The van der Waals surface area contributed by atoms with Crippen LogP contribution in [-0.4, -0.2) is 28.7 Å². The van der Waals surface area contributed by atoms with Gasteiger partial charge in [-0.25, -0.2) is 0 Å². The number of ether oxygens (including phenoxy) is 1. The molecule has 1 heterocycles. The first kappa shape index (κ1) is 18.9. The van der Waals surface area contributed by atoms with E-state index in [2.05, 4.69) is 15.5 Å². The molecular weight excluding hydrogens is 366 g/mol. The van der Waals surface area contributed by atoms with E-state index in [1.807, 2.05) is 37.3 Å². The maximum atomic E-state index is 12.2. The predicted molar refractivity (Wildman–Crippen MR) is 103 cm³/mol. The van der Waals surface area contributed by atoms with E-state index in [4.69, 9.17) is 20.9 Å². The lowest BCUT2D eigenvalue weighted by atomic mass is 10.2. The maximum absolute atomic E-state index is 12.2. The average Bonchev–Trinajstić information content (AvgIpc) is 3.14. The van der Waals surface area contributed by atoms with Crippen molar-refractivity contribution >= 4 is 17.5 Å². The first-order valence-corrected chi connectivity index (χ1v) is 8.99. The smallest absolute Gasteiger partial charge is 0.260 e. The molecule has 140 valence electrons. The molecule has 3 rings (SSSR count). The number of benzene rings is 2. The predicted octanol–water partition coefficient (Wildman–Crippen LogP) is 3.82. The highest BCUT2D eigenvalue weighted by Crippen LogP contribution is 2.22. The summed E-state index contributed by atoms with van der Waals surface area (Å²) in [4.78, 5) is 16.5. The summed E-state index contributed by atoms with van der Waals surface area (Å²) in [6, 6.07) is 14.9. The fourth-order valence-corrected chi connectivity index (χ4v) is 2.56. The van der Waals surface area contributed by atoms with Crippen LogP contribution < -0.4 is 10.1 Å². The molecule has 1 atom stereocenters. The normalized spacial score (nSPS) is 11.8. The van der Waals surface area contributed by atoms with Gasteiger partial charge < -0.3 is 14.6 Å². The van der Waals surface area contributed by atoms with Crippen molar-refractivity contribution in [3.05, 3.63) is 65.0 Å². The molecule has 0 aliphatic rings. The Balaban J connectivity index is 1.47. The molecule has 0 fully saturated rings. The third-order valence-electron chi connectivity index (χ3n) is 3.95. The molecule has 0 aliphatic carbocycles. The van der Waals surface area contributed by atoms with Crippen LogP contribution in [0.5, 0.6) is 5.75 Å². The SMILES string of the molecule is Cc1cc(OC(C)C(=O)NCCc2nc(-c3ccccc3)no2)ccc1Cl. The molecule has 3 aromatic rings. The summed E-state index contributed by atoms with van der Waals surface area (Å²) in [6.45, 7) is 3.95. The van der Waals surface area contributed by atoms with Crippen molar-refractivity contribution in [1.82, 2.24) is 15.5 Å². The molecule has 0 radical (unpaired) electrons. The number of aromatic nitrogens is 2. The van der Waals surface area contributed by atoms with Crippen molar-refractivity contribution in [3.8, 4) is 17.1 Å². The van der Waals surface area contributed by atoms with Crippen LogP contribution in [0.2, 0.25) is 5.02 Å². The van der Waals surface area contributed by atoms with Gasteiger partial charge >= 0.3 is 0 Å². The summed E-state index contributed by atoms with van der Waals surface area (Å²) in [6.07, 6.45) is -0.189. The zero-order chi connectivity index (χ0) is 19.2. The van der Waals surface area contributed by atoms with Gasteiger partial charge in [-0.05, 0) is 37.6 Å². The Kier molecular flexibility index (Phi) is 6.08. The molecule has 1 N–H and O–H groups in total. The molecule has 0 saturated carbocycles. The van der Waals surface area contributed by atoms with Gasteiger partial charge in [-0.1, -0.05) is 47.1 Å². The Morgan fingerprint density at radius 1 is 1.26 bits per heavy atom. The van der Waals surface area contributed by atoms with Gasteiger partial charge in [0.25, 0.3) is 5.91 Å². The van der Waals surface area contributed by atoms with Crippen LogP contribution in [0.25, 0.3) is 11.4 Å². The third kappa shape index (κ3) is 5.08. The van der Waals surface area contributed by atoms with Crippen LogP contribution in [0.4, 0.5) is 0 Å². The number of halogens is 1. The molecular formula is C20H20ClN3O3. The lowest BCUT2D eigenvalue weighted by Gasteiger charge is -2.15. The van der Waals surface area contributed by atoms with Crippen LogP contribution in [0, 0.1) is 6.92 Å². The molecule has 1 amide bonds. The lowest BCUT2D eigenvalue weighted by Crippen LogP contribution is -2.37. The summed E-state index contributed by atoms with van der Waals surface area (Å²) in [5, 5.41) is 7.43. The van der Waals surface area contributed by atoms with Crippen molar-refractivity contribution in [2.75, 3.05) is 6.54 Å². The molecule has 0 spiro atoms. The van der Waals surface area contributed by atoms with Gasteiger partial charge in [0.1, 0.15) is 5.75 Å². The van der Waals surface area contributed by atoms with E-state index < -0.39 is 6.10 Å². The number of amides is 1. The number of hydrogen-bond acceptors (Lipinski definition) is 5. The second kappa shape index (κ2) is 8.68. The van der Waals surface area contributed by atoms with Gasteiger partial charge in [0.15, 0.2) is 6.10 Å². The van der Waals surface area contributed by atoms with Crippen LogP contribution in [0.15, 0.2) is 53.1 Å². The zero-order valence-electron chi connectivity index (χ0n) is 15.1. The van der Waals surface area contributed by atoms with E-state index in [9.17, 15) is 4.79 Å². The van der Waals surface area contributed by atoms with Crippen LogP contribution >= 0.6 is 11.6 Å². The summed E-state index contributed by atoms with van der Waals surface area (Å²) in [5.41, 5.74) is 1.78. The van der Waals surface area contributed by atoms with E-state index in [1.54, 1.807) is 25.1 Å². The van der Waals surface area contributed by atoms with Gasteiger partial charge in [-0.2, -0.15) is 4.98 Å². The molecule has 1 unspecified atom stereocenters. The number of rotatable bonds is 7. The van der Waals surface area contributed by atoms with Crippen LogP contribution in [-0.2, 0) is 11.2 Å². The van der Waals surface area contributed by atoms with E-state index in [0.717, 1.165) is 11.1 Å². The van der Waals surface area contributed by atoms with Crippen molar-refractivity contribution in [2.45, 2.75) is 26.4 Å². The summed E-state index contributed by atoms with van der Waals surface area (Å²) >= 11 is 5.99. The number of carbonyl (C=O) groups excluding carboxylic acids is 1. The average molecular weight is 386 g/mol. The Hall–Kier alpha value is -2.86. The molecule has 27 heavy (non-hydrogen) atoms. The standard InChI is InChI=1S/C20H20ClN3O3/c1-13-12-16(8-9-17(13)21)26-14(2)20(25)22-11-10-18-23-19(24-27-18)15-6-4-3-5-7-15/h3-9,12,14H,10-11H2,1-2H3,(H,22,25). The van der Waals surface area contributed by atoms with E-state index >= 15 is 0 Å². The highest BCUT2D eigenvalue weighted by molar-refractivity contribution is 6.31. The maximum Gasteiger partial charge on any atom is 0.260 e. The minimum absolute atomic E-state index is 0.217. The van der Waals surface area contributed by atoms with Crippen molar-refractivity contribution in [3.63, 3.8) is 0 Å². The Morgan fingerprint density at radius 3 is 2.78 bits per heavy atom. The highest BCUT2D eigenvalue weighted by atomic mass is 35.5. The van der Waals surface area contributed by atoms with Crippen molar-refractivity contribution in [2.24, 2.45) is 0 Å². The number of carbonyl (C=O) groups is 1. The fourth-order valence-electron chi connectivity index (χ4n) is 2.45. The van der Waals surface area contributed by atoms with Crippen molar-refractivity contribution in [1.29, 1.82) is 0 Å². The first-order chi connectivity index (χ1) is 13.0. The van der Waals surface area contributed by atoms with Gasteiger partial charge in [-0.15, -0.1) is 0 Å². The fraction of sp³-hybridized carbons (Fsp3) is 0.250. The Morgan fingerprint density at radius 2 is 2.04 bits per heavy atom. The Labute approximate surface area is 162 Å². The second-order valence-electron chi connectivity index (χ2n) is 6.09. The van der Waals surface area contributed by atoms with E-state index in [0.29, 0.717) is 35.5 Å². The molecule has 0 bridgehead atoms. The van der Waals surface area contributed by atoms with E-state index in [1.165, 1.54) is 0 Å². The lowest BCUT2D eigenvalue weighted by molar-refractivity contribution is -0.127. The van der Waals surface area contributed by atoms with E-state index in [-0.39, 0.29) is 5.91 Å². The van der Waals surface area contributed by atoms with Crippen LogP contribution in [0.1, 0.15) is 18.4 Å². The third-order valence-corrected chi connectivity index (χ3v) is 4.37. The van der Waals surface area contributed by atoms with Gasteiger partial charge in [0.05, 0.1) is 0 Å². The molecule has 0 aliphatic heterocycles. The monoisotopic (exact) mass is 385 g/mol. The van der Waals surface area contributed by atoms with Gasteiger partial charge in [0, 0.05) is 23.6 Å². The van der Waals surface area contributed by atoms with Crippen LogP contribution in [0.3, 0.4) is 0 Å². The van der Waals surface area contributed by atoms with Crippen molar-refractivity contribution < 1.29 is 14.1 Å². The second-order valence-corrected chi connectivity index (χ2v) is 6.50. The number of nitrogens with one attached hydrogen (secondary N) is 1. The number of aryl methyl sites for hydroxylation is 1. The summed E-state index contributed by atoms with van der Waals surface area (Å²) in [5.74, 6) is 1.39. The molecule has 6 nitrogen and oxygen atoms in total. The number of hydrogen-bond donors (Lipinski definition) is 1. The minimum atomic E-state index is -0.631. The molecule has 2 aromatic carbocycles. The van der Waals surface area contributed by atoms with Gasteiger partial charge in [0.2, 0.25) is 11.7 Å². The number of nitrogens with zero attached hydrogens (tertiary/aromatic N) is 2. The quantitative estimate of drug-likeness (QED) is 0.668. The first-order valence-electron chi connectivity index (χ1n) is 8.61.